The van der Waals surface area contributed by atoms with Crippen LogP contribution in [0.1, 0.15) is 71.4 Å². The van der Waals surface area contributed by atoms with E-state index in [1.165, 1.54) is 11.1 Å². The summed E-state index contributed by atoms with van der Waals surface area (Å²) in [7, 11) is 0. The van der Waals surface area contributed by atoms with E-state index >= 15 is 0 Å². The van der Waals surface area contributed by atoms with Gasteiger partial charge in [-0.3, -0.25) is 9.59 Å². The lowest BCUT2D eigenvalue weighted by atomic mass is 10.1. The van der Waals surface area contributed by atoms with E-state index < -0.39 is 0 Å². The Kier molecular flexibility index (Phi) is 8.61. The zero-order chi connectivity index (χ0) is 22.8. The van der Waals surface area contributed by atoms with Crippen molar-refractivity contribution in [3.05, 3.63) is 95.1 Å². The molecule has 0 aliphatic rings. The Balaban J connectivity index is 1.55. The molecular formula is C28H32N2O2. The summed E-state index contributed by atoms with van der Waals surface area (Å²) in [5, 5.41) is 5.82. The summed E-state index contributed by atoms with van der Waals surface area (Å²) in [5.41, 5.74) is 5.10. The highest BCUT2D eigenvalue weighted by Crippen LogP contribution is 2.16. The van der Waals surface area contributed by atoms with Crippen LogP contribution in [0, 0.1) is 0 Å². The van der Waals surface area contributed by atoms with Crippen molar-refractivity contribution in [2.45, 2.75) is 52.4 Å². The van der Waals surface area contributed by atoms with E-state index in [2.05, 4.69) is 48.7 Å². The molecule has 166 valence electrons. The van der Waals surface area contributed by atoms with Crippen LogP contribution in [0.3, 0.4) is 0 Å². The van der Waals surface area contributed by atoms with E-state index in [0.29, 0.717) is 11.1 Å². The van der Waals surface area contributed by atoms with Crippen LogP contribution in [-0.2, 0) is 12.8 Å². The number of aryl methyl sites for hydroxylation is 2. The Labute approximate surface area is 191 Å². The summed E-state index contributed by atoms with van der Waals surface area (Å²) in [4.78, 5) is 25.1. The van der Waals surface area contributed by atoms with E-state index in [0.717, 1.165) is 49.9 Å². The van der Waals surface area contributed by atoms with Crippen molar-refractivity contribution in [3.8, 4) is 0 Å². The van der Waals surface area contributed by atoms with Crippen LogP contribution in [0.15, 0.2) is 72.8 Å². The highest BCUT2D eigenvalue weighted by molar-refractivity contribution is 6.07. The molecule has 0 radical (unpaired) electrons. The minimum absolute atomic E-state index is 0.194. The fourth-order valence-electron chi connectivity index (χ4n) is 3.45. The number of unbranched alkanes of at least 4 members (excludes halogenated alkanes) is 2. The lowest BCUT2D eigenvalue weighted by Gasteiger charge is -2.09. The smallest absolute Gasteiger partial charge is 0.255 e. The minimum atomic E-state index is -0.194. The number of hydrogen-bond donors (Lipinski definition) is 2. The zero-order valence-electron chi connectivity index (χ0n) is 19.0. The lowest BCUT2D eigenvalue weighted by molar-refractivity contribution is 0.101. The Morgan fingerprint density at radius 3 is 1.22 bits per heavy atom. The molecule has 0 fully saturated rings. The molecule has 0 spiro atoms. The van der Waals surface area contributed by atoms with Crippen LogP contribution < -0.4 is 10.6 Å². The van der Waals surface area contributed by atoms with Crippen molar-refractivity contribution < 1.29 is 9.59 Å². The molecule has 3 aromatic rings. The third-order valence-electron chi connectivity index (χ3n) is 5.47. The van der Waals surface area contributed by atoms with Crippen LogP contribution in [0.5, 0.6) is 0 Å². The average Bonchev–Trinajstić information content (AvgIpc) is 2.83. The van der Waals surface area contributed by atoms with Crippen molar-refractivity contribution in [1.29, 1.82) is 0 Å². The topological polar surface area (TPSA) is 58.2 Å². The van der Waals surface area contributed by atoms with Crippen molar-refractivity contribution in [2.24, 2.45) is 0 Å². The SMILES string of the molecule is CCCCc1ccc(NC(=O)c2ccc(C(=O)Nc3ccc(CCCC)cc3)cc2)cc1. The van der Waals surface area contributed by atoms with Gasteiger partial charge in [0.15, 0.2) is 0 Å². The number of amides is 2. The minimum Gasteiger partial charge on any atom is -0.322 e. The number of rotatable bonds is 10. The van der Waals surface area contributed by atoms with E-state index in [-0.39, 0.29) is 11.8 Å². The number of carbonyl (C=O) groups is 2. The van der Waals surface area contributed by atoms with Gasteiger partial charge < -0.3 is 10.6 Å². The van der Waals surface area contributed by atoms with E-state index in [9.17, 15) is 9.59 Å². The normalized spacial score (nSPS) is 10.6. The highest BCUT2D eigenvalue weighted by Gasteiger charge is 2.10. The molecular weight excluding hydrogens is 396 g/mol. The van der Waals surface area contributed by atoms with Gasteiger partial charge in [0.1, 0.15) is 0 Å². The molecule has 0 heterocycles. The largest absolute Gasteiger partial charge is 0.322 e. The van der Waals surface area contributed by atoms with Gasteiger partial charge in [-0.2, -0.15) is 0 Å². The lowest BCUT2D eigenvalue weighted by Crippen LogP contribution is -2.14. The van der Waals surface area contributed by atoms with Gasteiger partial charge in [0.25, 0.3) is 11.8 Å². The molecule has 3 rings (SSSR count). The first-order chi connectivity index (χ1) is 15.6. The second-order valence-corrected chi connectivity index (χ2v) is 8.09. The fraction of sp³-hybridized carbons (Fsp3) is 0.286. The molecule has 0 aliphatic carbocycles. The number of anilines is 2. The molecule has 0 aliphatic heterocycles. The maximum atomic E-state index is 12.5. The number of benzene rings is 3. The molecule has 0 saturated carbocycles. The van der Waals surface area contributed by atoms with Gasteiger partial charge in [-0.1, -0.05) is 51.0 Å². The van der Waals surface area contributed by atoms with Crippen LogP contribution in [0.2, 0.25) is 0 Å². The number of hydrogen-bond acceptors (Lipinski definition) is 2. The van der Waals surface area contributed by atoms with Gasteiger partial charge in [0, 0.05) is 22.5 Å². The van der Waals surface area contributed by atoms with Gasteiger partial charge >= 0.3 is 0 Å². The molecule has 0 saturated heterocycles. The molecule has 3 aromatic carbocycles. The number of nitrogens with one attached hydrogen (secondary N) is 2. The first kappa shape index (κ1) is 23.3. The van der Waals surface area contributed by atoms with Crippen molar-refractivity contribution >= 4 is 23.2 Å². The zero-order valence-corrected chi connectivity index (χ0v) is 19.0. The van der Waals surface area contributed by atoms with Gasteiger partial charge in [-0.25, -0.2) is 0 Å². The van der Waals surface area contributed by atoms with E-state index in [1.807, 2.05) is 24.3 Å². The molecule has 2 N–H and O–H groups in total. The molecule has 0 aromatic heterocycles. The molecule has 4 nitrogen and oxygen atoms in total. The van der Waals surface area contributed by atoms with Gasteiger partial charge in [0.2, 0.25) is 0 Å². The summed E-state index contributed by atoms with van der Waals surface area (Å²) in [6.07, 6.45) is 6.76. The Bertz CT molecular complexity index is 922. The van der Waals surface area contributed by atoms with Gasteiger partial charge in [-0.15, -0.1) is 0 Å². The molecule has 0 unspecified atom stereocenters. The Morgan fingerprint density at radius 2 is 0.906 bits per heavy atom. The van der Waals surface area contributed by atoms with Crippen LogP contribution in [0.25, 0.3) is 0 Å². The highest BCUT2D eigenvalue weighted by atomic mass is 16.2. The second-order valence-electron chi connectivity index (χ2n) is 8.09. The van der Waals surface area contributed by atoms with E-state index in [4.69, 9.17) is 0 Å². The Hall–Kier alpha value is -3.40. The quantitative estimate of drug-likeness (QED) is 0.370. The van der Waals surface area contributed by atoms with Crippen LogP contribution in [0.4, 0.5) is 11.4 Å². The summed E-state index contributed by atoms with van der Waals surface area (Å²) < 4.78 is 0. The van der Waals surface area contributed by atoms with Crippen molar-refractivity contribution in [2.75, 3.05) is 10.6 Å². The molecule has 4 heteroatoms. The average molecular weight is 429 g/mol. The van der Waals surface area contributed by atoms with Crippen molar-refractivity contribution in [1.82, 2.24) is 0 Å². The molecule has 0 bridgehead atoms. The number of carbonyl (C=O) groups excluding carboxylic acids is 2. The molecule has 0 atom stereocenters. The van der Waals surface area contributed by atoms with Gasteiger partial charge in [0.05, 0.1) is 0 Å². The molecule has 2 amide bonds. The summed E-state index contributed by atoms with van der Waals surface area (Å²) in [6, 6.07) is 22.6. The van der Waals surface area contributed by atoms with E-state index in [1.54, 1.807) is 24.3 Å². The summed E-state index contributed by atoms with van der Waals surface area (Å²) in [6.45, 7) is 4.35. The predicted octanol–water partition coefficient (Wildman–Crippen LogP) is 6.88. The predicted molar refractivity (Wildman–Crippen MR) is 132 cm³/mol. The molecule has 32 heavy (non-hydrogen) atoms. The van der Waals surface area contributed by atoms with Crippen LogP contribution in [-0.4, -0.2) is 11.8 Å². The van der Waals surface area contributed by atoms with Crippen molar-refractivity contribution in [3.63, 3.8) is 0 Å². The summed E-state index contributed by atoms with van der Waals surface area (Å²) in [5.74, 6) is -0.387. The van der Waals surface area contributed by atoms with Gasteiger partial charge in [-0.05, 0) is 85.3 Å². The fourth-order valence-corrected chi connectivity index (χ4v) is 3.45. The maximum Gasteiger partial charge on any atom is 0.255 e. The summed E-state index contributed by atoms with van der Waals surface area (Å²) >= 11 is 0. The standard InChI is InChI=1S/C28H32N2O2/c1-3-5-7-21-9-17-25(18-10-21)29-27(31)23-13-15-24(16-14-23)28(32)30-26-19-11-22(12-20-26)8-6-4-2/h9-20H,3-8H2,1-2H3,(H,29,31)(H,30,32). The Morgan fingerprint density at radius 1 is 0.562 bits per heavy atom. The second kappa shape index (κ2) is 11.8. The maximum absolute atomic E-state index is 12.5. The third kappa shape index (κ3) is 6.81. The first-order valence-corrected chi connectivity index (χ1v) is 11.5. The monoisotopic (exact) mass is 428 g/mol. The first-order valence-electron chi connectivity index (χ1n) is 11.5. The third-order valence-corrected chi connectivity index (χ3v) is 5.47. The van der Waals surface area contributed by atoms with Crippen LogP contribution >= 0.6 is 0 Å².